The zero-order valence-electron chi connectivity index (χ0n) is 14.7. The summed E-state index contributed by atoms with van der Waals surface area (Å²) >= 11 is 5.92. The second kappa shape index (κ2) is 7.32. The first-order valence-electron chi connectivity index (χ1n) is 8.12. The molecule has 3 rings (SSSR count). The van der Waals surface area contributed by atoms with Crippen molar-refractivity contribution >= 4 is 28.5 Å². The summed E-state index contributed by atoms with van der Waals surface area (Å²) in [6.45, 7) is 3.01. The Kier molecular flexibility index (Phi) is 5.10. The standard InChI is InChI=1S/C20H17ClO6/c1-20(2,27-15-5-3-4-13(21)9-15)19(24)25-11-12-8-18(23)26-17-10-14(22)6-7-16(12)17/h3-10,22H,11H2,1-2H3. The number of esters is 1. The van der Waals surface area contributed by atoms with Crippen molar-refractivity contribution in [1.29, 1.82) is 0 Å². The monoisotopic (exact) mass is 388 g/mol. The Morgan fingerprint density at radius 3 is 2.70 bits per heavy atom. The lowest BCUT2D eigenvalue weighted by molar-refractivity contribution is -0.160. The minimum absolute atomic E-state index is 0.0316. The van der Waals surface area contributed by atoms with Crippen LogP contribution < -0.4 is 10.4 Å². The van der Waals surface area contributed by atoms with Gasteiger partial charge in [-0.1, -0.05) is 17.7 Å². The summed E-state index contributed by atoms with van der Waals surface area (Å²) in [6.07, 6.45) is 0. The highest BCUT2D eigenvalue weighted by Crippen LogP contribution is 2.25. The van der Waals surface area contributed by atoms with E-state index in [9.17, 15) is 14.7 Å². The molecule has 0 amide bonds. The van der Waals surface area contributed by atoms with Crippen LogP contribution in [0.3, 0.4) is 0 Å². The minimum Gasteiger partial charge on any atom is -0.508 e. The van der Waals surface area contributed by atoms with Gasteiger partial charge < -0.3 is 19.0 Å². The number of hydrogen-bond donors (Lipinski definition) is 1. The second-order valence-corrected chi connectivity index (χ2v) is 6.85. The van der Waals surface area contributed by atoms with Gasteiger partial charge in [0.15, 0.2) is 5.60 Å². The maximum atomic E-state index is 12.5. The molecule has 0 radical (unpaired) electrons. The van der Waals surface area contributed by atoms with E-state index in [4.69, 9.17) is 25.5 Å². The van der Waals surface area contributed by atoms with Gasteiger partial charge in [0.1, 0.15) is 23.7 Å². The molecule has 1 aromatic heterocycles. The van der Waals surface area contributed by atoms with Crippen LogP contribution in [-0.4, -0.2) is 16.7 Å². The molecule has 0 unspecified atom stereocenters. The minimum atomic E-state index is -1.27. The van der Waals surface area contributed by atoms with Gasteiger partial charge in [0.25, 0.3) is 0 Å². The maximum Gasteiger partial charge on any atom is 0.350 e. The average molecular weight is 389 g/mol. The first-order valence-corrected chi connectivity index (χ1v) is 8.50. The van der Waals surface area contributed by atoms with Crippen molar-refractivity contribution in [2.75, 3.05) is 0 Å². The number of ether oxygens (including phenoxy) is 2. The van der Waals surface area contributed by atoms with Gasteiger partial charge >= 0.3 is 11.6 Å². The van der Waals surface area contributed by atoms with Crippen molar-refractivity contribution < 1.29 is 23.8 Å². The molecule has 0 aliphatic rings. The first kappa shape index (κ1) is 18.8. The van der Waals surface area contributed by atoms with Crippen LogP contribution in [0.1, 0.15) is 19.4 Å². The molecule has 0 aliphatic heterocycles. The molecule has 0 atom stereocenters. The van der Waals surface area contributed by atoms with Crippen LogP contribution in [0.2, 0.25) is 5.02 Å². The molecule has 27 heavy (non-hydrogen) atoms. The summed E-state index contributed by atoms with van der Waals surface area (Å²) in [6, 6.07) is 12.3. The Balaban J connectivity index is 1.77. The predicted molar refractivity (Wildman–Crippen MR) is 100 cm³/mol. The number of carbonyl (C=O) groups excluding carboxylic acids is 1. The molecule has 1 heterocycles. The van der Waals surface area contributed by atoms with Gasteiger partial charge in [-0.15, -0.1) is 0 Å². The van der Waals surface area contributed by atoms with Crippen molar-refractivity contribution in [2.45, 2.75) is 26.1 Å². The molecule has 0 saturated carbocycles. The fourth-order valence-corrected chi connectivity index (χ4v) is 2.70. The molecule has 0 saturated heterocycles. The topological polar surface area (TPSA) is 86.0 Å². The molecule has 6 nitrogen and oxygen atoms in total. The van der Waals surface area contributed by atoms with E-state index in [-0.39, 0.29) is 17.9 Å². The average Bonchev–Trinajstić information content (AvgIpc) is 2.58. The summed E-state index contributed by atoms with van der Waals surface area (Å²) in [5, 5.41) is 10.6. The number of halogens is 1. The number of hydrogen-bond acceptors (Lipinski definition) is 6. The fourth-order valence-electron chi connectivity index (χ4n) is 2.52. The largest absolute Gasteiger partial charge is 0.508 e. The summed E-state index contributed by atoms with van der Waals surface area (Å²) in [7, 11) is 0. The van der Waals surface area contributed by atoms with Crippen LogP contribution >= 0.6 is 11.6 Å². The predicted octanol–water partition coefficient (Wildman–Crippen LogP) is 4.05. The molecular weight excluding hydrogens is 372 g/mol. The van der Waals surface area contributed by atoms with Gasteiger partial charge in [-0.3, -0.25) is 0 Å². The lowest BCUT2D eigenvalue weighted by Crippen LogP contribution is -2.39. The van der Waals surface area contributed by atoms with Crippen LogP contribution in [-0.2, 0) is 16.1 Å². The van der Waals surface area contributed by atoms with Crippen LogP contribution in [0.25, 0.3) is 11.0 Å². The van der Waals surface area contributed by atoms with Crippen molar-refractivity contribution in [3.8, 4) is 11.5 Å². The number of fused-ring (bicyclic) bond motifs is 1. The number of rotatable bonds is 5. The summed E-state index contributed by atoms with van der Waals surface area (Å²) < 4.78 is 16.1. The van der Waals surface area contributed by atoms with Gasteiger partial charge in [0, 0.05) is 28.1 Å². The summed E-state index contributed by atoms with van der Waals surface area (Å²) in [5.41, 5.74) is -1.19. The smallest absolute Gasteiger partial charge is 0.350 e. The third kappa shape index (κ3) is 4.41. The number of aromatic hydroxyl groups is 1. The maximum absolute atomic E-state index is 12.5. The van der Waals surface area contributed by atoms with Crippen molar-refractivity contribution in [2.24, 2.45) is 0 Å². The van der Waals surface area contributed by atoms with E-state index >= 15 is 0 Å². The third-order valence-electron chi connectivity index (χ3n) is 3.83. The van der Waals surface area contributed by atoms with Crippen LogP contribution in [0.15, 0.2) is 57.7 Å². The van der Waals surface area contributed by atoms with Crippen LogP contribution in [0.5, 0.6) is 11.5 Å². The molecule has 3 aromatic rings. The Hall–Kier alpha value is -2.99. The van der Waals surface area contributed by atoms with E-state index in [0.717, 1.165) is 0 Å². The van der Waals surface area contributed by atoms with Crippen molar-refractivity contribution in [1.82, 2.24) is 0 Å². The number of carbonyl (C=O) groups is 1. The van der Waals surface area contributed by atoms with E-state index in [1.165, 1.54) is 18.2 Å². The Morgan fingerprint density at radius 1 is 1.19 bits per heavy atom. The number of benzene rings is 2. The fraction of sp³-hybridized carbons (Fsp3) is 0.200. The lowest BCUT2D eigenvalue weighted by Gasteiger charge is -2.24. The highest BCUT2D eigenvalue weighted by molar-refractivity contribution is 6.30. The van der Waals surface area contributed by atoms with Gasteiger partial charge in [0.05, 0.1) is 0 Å². The molecule has 7 heteroatoms. The van der Waals surface area contributed by atoms with Gasteiger partial charge in [0.2, 0.25) is 0 Å². The molecule has 0 spiro atoms. The molecule has 140 valence electrons. The lowest BCUT2D eigenvalue weighted by atomic mass is 10.1. The Morgan fingerprint density at radius 2 is 1.96 bits per heavy atom. The Bertz CT molecular complexity index is 1050. The van der Waals surface area contributed by atoms with E-state index in [1.54, 1.807) is 44.2 Å². The van der Waals surface area contributed by atoms with E-state index in [0.29, 0.717) is 21.7 Å². The van der Waals surface area contributed by atoms with E-state index < -0.39 is 17.2 Å². The summed E-state index contributed by atoms with van der Waals surface area (Å²) in [5.74, 6) is -0.204. The van der Waals surface area contributed by atoms with Crippen molar-refractivity contribution in [3.63, 3.8) is 0 Å². The van der Waals surface area contributed by atoms with Gasteiger partial charge in [-0.25, -0.2) is 9.59 Å². The van der Waals surface area contributed by atoms with Crippen LogP contribution in [0, 0.1) is 0 Å². The highest BCUT2D eigenvalue weighted by Gasteiger charge is 2.32. The molecule has 2 aromatic carbocycles. The van der Waals surface area contributed by atoms with Gasteiger partial charge in [-0.2, -0.15) is 0 Å². The zero-order chi connectivity index (χ0) is 19.6. The number of phenolic OH excluding ortho intramolecular Hbond substituents is 1. The zero-order valence-corrected chi connectivity index (χ0v) is 15.4. The van der Waals surface area contributed by atoms with E-state index in [1.807, 2.05) is 0 Å². The SMILES string of the molecule is CC(C)(Oc1cccc(Cl)c1)C(=O)OCc1cc(=O)oc2cc(O)ccc12. The van der Waals surface area contributed by atoms with Crippen molar-refractivity contribution in [3.05, 3.63) is 69.5 Å². The molecule has 0 bridgehead atoms. The molecule has 0 fully saturated rings. The van der Waals surface area contributed by atoms with E-state index in [2.05, 4.69) is 0 Å². The summed E-state index contributed by atoms with van der Waals surface area (Å²) in [4.78, 5) is 24.2. The quantitative estimate of drug-likeness (QED) is 0.524. The van der Waals surface area contributed by atoms with Gasteiger partial charge in [-0.05, 0) is 44.2 Å². The third-order valence-corrected chi connectivity index (χ3v) is 4.07. The highest BCUT2D eigenvalue weighted by atomic mass is 35.5. The normalized spacial score (nSPS) is 11.4. The molecular formula is C20H17ClO6. The Labute approximate surface area is 159 Å². The van der Waals surface area contributed by atoms with Crippen LogP contribution in [0.4, 0.5) is 0 Å². The number of phenols is 1. The second-order valence-electron chi connectivity index (χ2n) is 6.42. The molecule has 0 aliphatic carbocycles. The molecule has 1 N–H and O–H groups in total. The first-order chi connectivity index (χ1) is 12.7.